The molecule has 1 heterocycles. The largest absolute Gasteiger partial charge is 0.481 e. The highest BCUT2D eigenvalue weighted by atomic mass is 32.2. The van der Waals surface area contributed by atoms with Gasteiger partial charge in [-0.2, -0.15) is 0 Å². The molecule has 0 aliphatic heterocycles. The molecule has 1 N–H and O–H groups in total. The Morgan fingerprint density at radius 3 is 2.88 bits per heavy atom. The van der Waals surface area contributed by atoms with Crippen LogP contribution in [-0.2, 0) is 16.0 Å². The van der Waals surface area contributed by atoms with Crippen molar-refractivity contribution < 1.29 is 19.1 Å². The van der Waals surface area contributed by atoms with Crippen molar-refractivity contribution in [1.29, 1.82) is 0 Å². The molecule has 0 aliphatic carbocycles. The minimum atomic E-state index is -0.789. The van der Waals surface area contributed by atoms with E-state index < -0.39 is 5.97 Å². The summed E-state index contributed by atoms with van der Waals surface area (Å²) in [4.78, 5) is 14.9. The summed E-state index contributed by atoms with van der Waals surface area (Å²) in [7, 11) is 0. The van der Waals surface area contributed by atoms with Crippen molar-refractivity contribution in [2.24, 2.45) is 0 Å². The van der Waals surface area contributed by atoms with E-state index in [0.717, 1.165) is 17.0 Å². The minimum Gasteiger partial charge on any atom is -0.481 e. The van der Waals surface area contributed by atoms with E-state index in [9.17, 15) is 4.79 Å². The summed E-state index contributed by atoms with van der Waals surface area (Å²) < 4.78 is 11.3. The number of nitrogens with zero attached hydrogens (tertiary/aromatic N) is 1. The van der Waals surface area contributed by atoms with Crippen molar-refractivity contribution in [2.45, 2.75) is 13.3 Å². The SMILES string of the molecule is Cc1oc(-c2ccccc2)nc1CCOC/C=C\CSCC(=O)O. The van der Waals surface area contributed by atoms with Gasteiger partial charge in [-0.3, -0.25) is 4.79 Å². The molecule has 6 heteroatoms. The molecule has 1 aromatic heterocycles. The monoisotopic (exact) mass is 347 g/mol. The van der Waals surface area contributed by atoms with E-state index >= 15 is 0 Å². The molecule has 2 rings (SSSR count). The van der Waals surface area contributed by atoms with Crippen LogP contribution in [0.1, 0.15) is 11.5 Å². The molecular formula is C18H21NO4S. The quantitative estimate of drug-likeness (QED) is 0.523. The van der Waals surface area contributed by atoms with Gasteiger partial charge in [-0.1, -0.05) is 30.4 Å². The van der Waals surface area contributed by atoms with Crippen molar-refractivity contribution in [1.82, 2.24) is 4.98 Å². The Morgan fingerprint density at radius 2 is 2.12 bits per heavy atom. The number of hydrogen-bond donors (Lipinski definition) is 1. The Hall–Kier alpha value is -2.05. The van der Waals surface area contributed by atoms with Crippen LogP contribution in [0.25, 0.3) is 11.5 Å². The van der Waals surface area contributed by atoms with Crippen LogP contribution in [0, 0.1) is 6.92 Å². The second kappa shape index (κ2) is 9.95. The van der Waals surface area contributed by atoms with Crippen molar-refractivity contribution in [2.75, 3.05) is 24.7 Å². The lowest BCUT2D eigenvalue weighted by atomic mass is 10.2. The molecule has 24 heavy (non-hydrogen) atoms. The molecule has 0 saturated carbocycles. The first-order chi connectivity index (χ1) is 11.7. The van der Waals surface area contributed by atoms with Crippen LogP contribution in [-0.4, -0.2) is 40.8 Å². The summed E-state index contributed by atoms with van der Waals surface area (Å²) in [6.45, 7) is 2.98. The Morgan fingerprint density at radius 1 is 1.33 bits per heavy atom. The molecule has 5 nitrogen and oxygen atoms in total. The van der Waals surface area contributed by atoms with Crippen molar-refractivity contribution in [3.05, 3.63) is 53.9 Å². The molecule has 0 fully saturated rings. The average Bonchev–Trinajstić information content (AvgIpc) is 2.95. The van der Waals surface area contributed by atoms with E-state index in [0.29, 0.717) is 31.3 Å². The molecule has 0 radical (unpaired) electrons. The van der Waals surface area contributed by atoms with Crippen LogP contribution < -0.4 is 0 Å². The van der Waals surface area contributed by atoms with Crippen LogP contribution in [0.4, 0.5) is 0 Å². The highest BCUT2D eigenvalue weighted by molar-refractivity contribution is 8.00. The fourth-order valence-corrected chi connectivity index (χ4v) is 2.60. The van der Waals surface area contributed by atoms with Gasteiger partial charge in [0.2, 0.25) is 5.89 Å². The predicted molar refractivity (Wildman–Crippen MR) is 95.3 cm³/mol. The number of rotatable bonds is 10. The number of oxazole rings is 1. The number of carboxylic acids is 1. The third-order valence-electron chi connectivity index (χ3n) is 3.22. The number of aryl methyl sites for hydroxylation is 1. The molecule has 0 atom stereocenters. The molecule has 0 amide bonds. The first kappa shape index (κ1) is 18.3. The number of carbonyl (C=O) groups is 1. The summed E-state index contributed by atoms with van der Waals surface area (Å²) >= 11 is 1.36. The highest BCUT2D eigenvalue weighted by Gasteiger charge is 2.10. The lowest BCUT2D eigenvalue weighted by Crippen LogP contribution is -2.00. The number of aliphatic carboxylic acids is 1. The second-order valence-electron chi connectivity index (χ2n) is 5.09. The van der Waals surface area contributed by atoms with Gasteiger partial charge in [0.05, 0.1) is 24.7 Å². The van der Waals surface area contributed by atoms with Crippen LogP contribution in [0.5, 0.6) is 0 Å². The first-order valence-corrected chi connectivity index (χ1v) is 8.86. The molecule has 0 saturated heterocycles. The van der Waals surface area contributed by atoms with E-state index in [4.69, 9.17) is 14.3 Å². The van der Waals surface area contributed by atoms with Crippen molar-refractivity contribution >= 4 is 17.7 Å². The van der Waals surface area contributed by atoms with E-state index in [-0.39, 0.29) is 5.75 Å². The van der Waals surface area contributed by atoms with Gasteiger partial charge in [-0.25, -0.2) is 4.98 Å². The summed E-state index contributed by atoms with van der Waals surface area (Å²) in [5, 5.41) is 8.51. The number of hydrogen-bond acceptors (Lipinski definition) is 5. The van der Waals surface area contributed by atoms with E-state index in [2.05, 4.69) is 4.98 Å². The maximum Gasteiger partial charge on any atom is 0.313 e. The summed E-state index contributed by atoms with van der Waals surface area (Å²) in [5.41, 5.74) is 1.88. The van der Waals surface area contributed by atoms with E-state index in [1.54, 1.807) is 0 Å². The summed E-state index contributed by atoms with van der Waals surface area (Å²) in [6, 6.07) is 9.82. The third kappa shape index (κ3) is 6.22. The van der Waals surface area contributed by atoms with Crippen LogP contribution in [0.2, 0.25) is 0 Å². The number of carboxylic acid groups (broad SMARTS) is 1. The van der Waals surface area contributed by atoms with Gasteiger partial charge in [-0.15, -0.1) is 11.8 Å². The van der Waals surface area contributed by atoms with Gasteiger partial charge in [-0.05, 0) is 19.1 Å². The average molecular weight is 347 g/mol. The maximum absolute atomic E-state index is 10.3. The van der Waals surface area contributed by atoms with Gasteiger partial charge in [0.1, 0.15) is 5.76 Å². The Labute approximate surface area is 145 Å². The van der Waals surface area contributed by atoms with Crippen LogP contribution in [0.3, 0.4) is 0 Å². The van der Waals surface area contributed by atoms with Gasteiger partial charge in [0, 0.05) is 17.7 Å². The van der Waals surface area contributed by atoms with E-state index in [1.807, 2.05) is 49.4 Å². The third-order valence-corrected chi connectivity index (χ3v) is 4.10. The van der Waals surface area contributed by atoms with Crippen LogP contribution >= 0.6 is 11.8 Å². The molecule has 2 aromatic rings. The highest BCUT2D eigenvalue weighted by Crippen LogP contribution is 2.21. The standard InChI is InChI=1S/C18H21NO4S/c1-14-16(19-18(23-14)15-7-3-2-4-8-15)9-11-22-10-5-6-12-24-13-17(20)21/h2-8H,9-13H2,1H3,(H,20,21)/b6-5-. The van der Waals surface area contributed by atoms with Gasteiger partial charge < -0.3 is 14.3 Å². The number of thioether (sulfide) groups is 1. The second-order valence-corrected chi connectivity index (χ2v) is 6.12. The molecule has 1 aromatic carbocycles. The zero-order chi connectivity index (χ0) is 17.2. The molecule has 128 valence electrons. The van der Waals surface area contributed by atoms with Crippen molar-refractivity contribution in [3.8, 4) is 11.5 Å². The zero-order valence-electron chi connectivity index (χ0n) is 13.6. The van der Waals surface area contributed by atoms with Gasteiger partial charge in [0.15, 0.2) is 0 Å². The lowest BCUT2D eigenvalue weighted by Gasteiger charge is -1.99. The Balaban J connectivity index is 1.69. The van der Waals surface area contributed by atoms with Gasteiger partial charge >= 0.3 is 5.97 Å². The predicted octanol–water partition coefficient (Wildman–Crippen LogP) is 3.58. The fourth-order valence-electron chi connectivity index (χ4n) is 2.03. The molecule has 0 spiro atoms. The maximum atomic E-state index is 10.3. The Bertz CT molecular complexity index is 667. The normalized spacial score (nSPS) is 11.2. The Kier molecular flexibility index (Phi) is 7.58. The van der Waals surface area contributed by atoms with Gasteiger partial charge in [0.25, 0.3) is 0 Å². The van der Waals surface area contributed by atoms with Crippen molar-refractivity contribution in [3.63, 3.8) is 0 Å². The van der Waals surface area contributed by atoms with E-state index in [1.165, 1.54) is 11.8 Å². The molecule has 0 bridgehead atoms. The zero-order valence-corrected chi connectivity index (χ0v) is 14.4. The summed E-state index contributed by atoms with van der Waals surface area (Å²) in [6.07, 6.45) is 4.52. The molecular weight excluding hydrogens is 326 g/mol. The van der Waals surface area contributed by atoms with Crippen LogP contribution in [0.15, 0.2) is 46.9 Å². The molecule has 0 aliphatic rings. The summed E-state index contributed by atoms with van der Waals surface area (Å²) in [5.74, 6) is 1.47. The lowest BCUT2D eigenvalue weighted by molar-refractivity contribution is -0.133. The minimum absolute atomic E-state index is 0.125. The number of aromatic nitrogens is 1. The first-order valence-electron chi connectivity index (χ1n) is 7.71. The molecule has 0 unspecified atom stereocenters. The fraction of sp³-hybridized carbons (Fsp3) is 0.333. The smallest absolute Gasteiger partial charge is 0.313 e. The number of ether oxygens (including phenoxy) is 1. The topological polar surface area (TPSA) is 72.6 Å². The number of benzene rings is 1.